The summed E-state index contributed by atoms with van der Waals surface area (Å²) in [6.45, 7) is 7.55. The number of carbonyl (C=O) groups excluding carboxylic acids is 2. The van der Waals surface area contributed by atoms with Crippen molar-refractivity contribution in [1.82, 2.24) is 0 Å². The van der Waals surface area contributed by atoms with Gasteiger partial charge in [0, 0.05) is 18.9 Å². The average Bonchev–Trinajstić information content (AvgIpc) is 2.10. The van der Waals surface area contributed by atoms with Crippen molar-refractivity contribution >= 4 is 11.6 Å². The van der Waals surface area contributed by atoms with Crippen molar-refractivity contribution in [2.45, 2.75) is 34.1 Å². The van der Waals surface area contributed by atoms with E-state index in [1.54, 1.807) is 14.0 Å². The van der Waals surface area contributed by atoms with Gasteiger partial charge in [-0.1, -0.05) is 20.8 Å². The average molecular weight is 200 g/mol. The second kappa shape index (κ2) is 5.25. The number of methoxy groups -OCH3 is 1. The van der Waals surface area contributed by atoms with Crippen LogP contribution in [0.1, 0.15) is 34.1 Å². The maximum absolute atomic E-state index is 11.7. The second-order valence-electron chi connectivity index (χ2n) is 4.55. The van der Waals surface area contributed by atoms with Crippen LogP contribution in [-0.2, 0) is 14.3 Å². The molecule has 0 N–H and O–H groups in total. The van der Waals surface area contributed by atoms with Gasteiger partial charge in [0.2, 0.25) is 0 Å². The molecule has 0 aromatic rings. The Morgan fingerprint density at radius 2 is 1.79 bits per heavy atom. The molecule has 0 saturated heterocycles. The molecule has 0 spiro atoms. The number of ether oxygens (including phenoxy) is 1. The van der Waals surface area contributed by atoms with Gasteiger partial charge in [-0.25, -0.2) is 0 Å². The van der Waals surface area contributed by atoms with Gasteiger partial charge in [-0.2, -0.15) is 0 Å². The normalized spacial score (nSPS) is 13.8. The Kier molecular flexibility index (Phi) is 4.99. The van der Waals surface area contributed by atoms with Crippen LogP contribution in [-0.4, -0.2) is 25.3 Å². The predicted octanol–water partition coefficient (Wildman–Crippen LogP) is 1.84. The Balaban J connectivity index is 4.26. The van der Waals surface area contributed by atoms with E-state index in [4.69, 9.17) is 4.74 Å². The van der Waals surface area contributed by atoms with Crippen molar-refractivity contribution in [2.75, 3.05) is 13.7 Å². The summed E-state index contributed by atoms with van der Waals surface area (Å²) in [7, 11) is 1.55. The molecule has 1 unspecified atom stereocenters. The highest BCUT2D eigenvalue weighted by atomic mass is 16.5. The lowest BCUT2D eigenvalue weighted by atomic mass is 9.81. The third kappa shape index (κ3) is 4.01. The first kappa shape index (κ1) is 13.3. The molecule has 0 aromatic heterocycles. The van der Waals surface area contributed by atoms with Gasteiger partial charge < -0.3 is 4.74 Å². The zero-order chi connectivity index (χ0) is 11.4. The smallest absolute Gasteiger partial charge is 0.148 e. The largest absolute Gasteiger partial charge is 0.384 e. The minimum Gasteiger partial charge on any atom is -0.384 e. The van der Waals surface area contributed by atoms with Gasteiger partial charge in [-0.3, -0.25) is 9.59 Å². The molecular weight excluding hydrogens is 180 g/mol. The van der Waals surface area contributed by atoms with E-state index in [1.807, 2.05) is 20.8 Å². The third-order valence-electron chi connectivity index (χ3n) is 2.17. The van der Waals surface area contributed by atoms with Crippen molar-refractivity contribution in [2.24, 2.45) is 11.3 Å². The monoisotopic (exact) mass is 200 g/mol. The summed E-state index contributed by atoms with van der Waals surface area (Å²) in [6, 6.07) is 0. The molecule has 0 aliphatic rings. The fourth-order valence-corrected chi connectivity index (χ4v) is 1.21. The van der Waals surface area contributed by atoms with Crippen LogP contribution in [0.5, 0.6) is 0 Å². The third-order valence-corrected chi connectivity index (χ3v) is 2.17. The molecule has 0 aliphatic carbocycles. The lowest BCUT2D eigenvalue weighted by molar-refractivity contribution is -0.137. The topological polar surface area (TPSA) is 43.4 Å². The van der Waals surface area contributed by atoms with Gasteiger partial charge >= 0.3 is 0 Å². The predicted molar refractivity (Wildman–Crippen MR) is 55.1 cm³/mol. The van der Waals surface area contributed by atoms with Crippen LogP contribution in [0.25, 0.3) is 0 Å². The molecule has 0 rings (SSSR count). The van der Waals surface area contributed by atoms with Gasteiger partial charge in [-0.15, -0.1) is 0 Å². The quantitative estimate of drug-likeness (QED) is 0.636. The summed E-state index contributed by atoms with van der Waals surface area (Å²) >= 11 is 0. The Hall–Kier alpha value is -0.700. The molecule has 3 nitrogen and oxygen atoms in total. The van der Waals surface area contributed by atoms with E-state index in [0.29, 0.717) is 13.0 Å². The van der Waals surface area contributed by atoms with Crippen molar-refractivity contribution in [1.29, 1.82) is 0 Å². The van der Waals surface area contributed by atoms with Crippen LogP contribution in [0.15, 0.2) is 0 Å². The SMILES string of the molecule is COCCC(=O)C(C)C(=O)C(C)(C)C. The maximum atomic E-state index is 11.7. The maximum Gasteiger partial charge on any atom is 0.148 e. The minimum atomic E-state index is -0.509. The number of Topliss-reactive ketones (excluding diaryl/α,β-unsaturated/α-hetero) is 2. The van der Waals surface area contributed by atoms with Crippen LogP contribution in [0.4, 0.5) is 0 Å². The van der Waals surface area contributed by atoms with Crippen molar-refractivity contribution < 1.29 is 14.3 Å². The van der Waals surface area contributed by atoms with Crippen molar-refractivity contribution in [3.8, 4) is 0 Å². The summed E-state index contributed by atoms with van der Waals surface area (Å²) in [5.41, 5.74) is -0.442. The highest BCUT2D eigenvalue weighted by molar-refractivity contribution is 6.04. The van der Waals surface area contributed by atoms with Gasteiger partial charge in [0.15, 0.2) is 0 Å². The Morgan fingerprint density at radius 3 is 2.14 bits per heavy atom. The van der Waals surface area contributed by atoms with Crippen LogP contribution in [0.2, 0.25) is 0 Å². The molecule has 0 heterocycles. The molecule has 0 fully saturated rings. The molecule has 0 aliphatic heterocycles. The van der Waals surface area contributed by atoms with E-state index in [1.165, 1.54) is 0 Å². The van der Waals surface area contributed by atoms with Crippen molar-refractivity contribution in [3.05, 3.63) is 0 Å². The molecular formula is C11H20O3. The summed E-state index contributed by atoms with van der Waals surface area (Å²) < 4.78 is 4.80. The molecule has 1 atom stereocenters. The van der Waals surface area contributed by atoms with E-state index < -0.39 is 11.3 Å². The molecule has 0 radical (unpaired) electrons. The summed E-state index contributed by atoms with van der Waals surface area (Å²) in [6.07, 6.45) is 0.319. The summed E-state index contributed by atoms with van der Waals surface area (Å²) in [5.74, 6) is -0.546. The van der Waals surface area contributed by atoms with Crippen molar-refractivity contribution in [3.63, 3.8) is 0 Å². The molecule has 0 bridgehead atoms. The molecule has 14 heavy (non-hydrogen) atoms. The van der Waals surface area contributed by atoms with Gasteiger partial charge in [-0.05, 0) is 6.92 Å². The second-order valence-corrected chi connectivity index (χ2v) is 4.55. The van der Waals surface area contributed by atoms with Crippen LogP contribution in [0, 0.1) is 11.3 Å². The lowest BCUT2D eigenvalue weighted by Crippen LogP contribution is -2.32. The number of carbonyl (C=O) groups is 2. The van der Waals surface area contributed by atoms with Crippen LogP contribution < -0.4 is 0 Å². The Morgan fingerprint density at radius 1 is 1.29 bits per heavy atom. The highest BCUT2D eigenvalue weighted by Crippen LogP contribution is 2.21. The fourth-order valence-electron chi connectivity index (χ4n) is 1.21. The highest BCUT2D eigenvalue weighted by Gasteiger charge is 2.30. The molecule has 0 aromatic carbocycles. The first-order valence-electron chi connectivity index (χ1n) is 4.86. The summed E-state index contributed by atoms with van der Waals surface area (Å²) in [4.78, 5) is 23.2. The van der Waals surface area contributed by atoms with Gasteiger partial charge in [0.05, 0.1) is 12.5 Å². The van der Waals surface area contributed by atoms with E-state index in [0.717, 1.165) is 0 Å². The zero-order valence-electron chi connectivity index (χ0n) is 9.72. The molecule has 0 saturated carbocycles. The first-order chi connectivity index (χ1) is 6.30. The van der Waals surface area contributed by atoms with Crippen LogP contribution >= 0.6 is 0 Å². The lowest BCUT2D eigenvalue weighted by Gasteiger charge is -2.20. The Bertz CT molecular complexity index is 213. The number of rotatable bonds is 5. The minimum absolute atomic E-state index is 0.00129. The molecule has 0 amide bonds. The zero-order valence-corrected chi connectivity index (χ0v) is 9.72. The fraction of sp³-hybridized carbons (Fsp3) is 0.818. The molecule has 82 valence electrons. The van der Waals surface area contributed by atoms with E-state index in [9.17, 15) is 9.59 Å². The first-order valence-corrected chi connectivity index (χ1v) is 4.86. The van der Waals surface area contributed by atoms with Gasteiger partial charge in [0.25, 0.3) is 0 Å². The Labute approximate surface area is 85.8 Å². The number of ketones is 2. The van der Waals surface area contributed by atoms with Gasteiger partial charge in [0.1, 0.15) is 11.6 Å². The van der Waals surface area contributed by atoms with E-state index in [2.05, 4.69) is 0 Å². The van der Waals surface area contributed by atoms with Crippen LogP contribution in [0.3, 0.4) is 0 Å². The number of hydrogen-bond acceptors (Lipinski definition) is 3. The number of hydrogen-bond donors (Lipinski definition) is 0. The van der Waals surface area contributed by atoms with E-state index in [-0.39, 0.29) is 11.6 Å². The standard InChI is InChI=1S/C11H20O3/c1-8(9(12)6-7-14-5)10(13)11(2,3)4/h8H,6-7H2,1-5H3. The summed E-state index contributed by atoms with van der Waals surface area (Å²) in [5, 5.41) is 0. The van der Waals surface area contributed by atoms with E-state index >= 15 is 0 Å². The molecule has 3 heteroatoms.